The Morgan fingerprint density at radius 2 is 2.19 bits per heavy atom. The number of methoxy groups -OCH3 is 1. The third-order valence-electron chi connectivity index (χ3n) is 3.41. The number of aromatic nitrogens is 2. The van der Waals surface area contributed by atoms with E-state index in [1.54, 1.807) is 13.3 Å². The molecule has 21 heavy (non-hydrogen) atoms. The van der Waals surface area contributed by atoms with Gasteiger partial charge in [-0.15, -0.1) is 0 Å². The second kappa shape index (κ2) is 7.27. The largest absolute Gasteiger partial charge is 0.497 e. The molecule has 1 unspecified atom stereocenters. The van der Waals surface area contributed by atoms with E-state index in [2.05, 4.69) is 29.1 Å². The molecule has 2 aromatic rings. The van der Waals surface area contributed by atoms with Crippen molar-refractivity contribution in [2.45, 2.75) is 32.7 Å². The number of ether oxygens (including phenoxy) is 1. The van der Waals surface area contributed by atoms with Crippen molar-refractivity contribution in [2.75, 3.05) is 12.4 Å². The second-order valence-corrected chi connectivity index (χ2v) is 5.35. The Bertz CT molecular complexity index is 604. The highest BCUT2D eigenvalue weighted by Crippen LogP contribution is 2.23. The molecule has 4 nitrogen and oxygen atoms in total. The summed E-state index contributed by atoms with van der Waals surface area (Å²) >= 11 is 6.16. The maximum absolute atomic E-state index is 6.16. The molecular weight excluding hydrogens is 286 g/mol. The summed E-state index contributed by atoms with van der Waals surface area (Å²) in [7, 11) is 1.66. The van der Waals surface area contributed by atoms with Crippen molar-refractivity contribution < 1.29 is 4.74 Å². The first kappa shape index (κ1) is 15.6. The Morgan fingerprint density at radius 1 is 1.38 bits per heavy atom. The van der Waals surface area contributed by atoms with Gasteiger partial charge in [0.1, 0.15) is 22.4 Å². The molecule has 1 heterocycles. The average molecular weight is 306 g/mol. The van der Waals surface area contributed by atoms with Crippen molar-refractivity contribution in [1.29, 1.82) is 0 Å². The molecule has 0 spiro atoms. The van der Waals surface area contributed by atoms with E-state index in [9.17, 15) is 0 Å². The lowest BCUT2D eigenvalue weighted by atomic mass is 10.1. The van der Waals surface area contributed by atoms with Crippen LogP contribution in [0.15, 0.2) is 30.5 Å². The van der Waals surface area contributed by atoms with Crippen LogP contribution in [0.5, 0.6) is 5.75 Å². The van der Waals surface area contributed by atoms with Gasteiger partial charge < -0.3 is 10.1 Å². The van der Waals surface area contributed by atoms with E-state index in [1.165, 1.54) is 0 Å². The molecule has 0 radical (unpaired) electrons. The smallest absolute Gasteiger partial charge is 0.148 e. The zero-order valence-electron chi connectivity index (χ0n) is 12.6. The fourth-order valence-electron chi connectivity index (χ4n) is 1.89. The number of halogens is 1. The van der Waals surface area contributed by atoms with Crippen molar-refractivity contribution in [3.05, 3.63) is 46.9 Å². The minimum absolute atomic E-state index is 0.319. The molecule has 0 aliphatic carbocycles. The minimum atomic E-state index is 0.319. The maximum atomic E-state index is 6.16. The summed E-state index contributed by atoms with van der Waals surface area (Å²) in [5.74, 6) is 2.64. The number of rotatable bonds is 6. The first-order valence-corrected chi connectivity index (χ1v) is 7.41. The highest BCUT2D eigenvalue weighted by atomic mass is 35.5. The van der Waals surface area contributed by atoms with Crippen molar-refractivity contribution in [1.82, 2.24) is 9.97 Å². The van der Waals surface area contributed by atoms with E-state index < -0.39 is 0 Å². The standard InChI is InChI=1S/C16H20ClN3O/c1-4-11(2)15-19-10-14(17)16(20-15)18-9-12-6-5-7-13(8-12)21-3/h5-8,10-11H,4,9H2,1-3H3,(H,18,19,20). The highest BCUT2D eigenvalue weighted by molar-refractivity contribution is 6.32. The van der Waals surface area contributed by atoms with Crippen molar-refractivity contribution in [3.63, 3.8) is 0 Å². The molecule has 0 aliphatic rings. The normalized spacial score (nSPS) is 12.0. The zero-order valence-corrected chi connectivity index (χ0v) is 13.3. The number of nitrogens with one attached hydrogen (secondary N) is 1. The monoisotopic (exact) mass is 305 g/mol. The van der Waals surface area contributed by atoms with Crippen LogP contribution in [0.2, 0.25) is 5.02 Å². The summed E-state index contributed by atoms with van der Waals surface area (Å²) in [6, 6.07) is 7.89. The van der Waals surface area contributed by atoms with Gasteiger partial charge in [0.25, 0.3) is 0 Å². The predicted octanol–water partition coefficient (Wildman–Crippen LogP) is 4.26. The molecule has 2 rings (SSSR count). The van der Waals surface area contributed by atoms with Gasteiger partial charge in [0.15, 0.2) is 0 Å². The molecule has 1 atom stereocenters. The molecule has 1 aromatic heterocycles. The van der Waals surface area contributed by atoms with Crippen LogP contribution in [0.4, 0.5) is 5.82 Å². The quantitative estimate of drug-likeness (QED) is 0.866. The SMILES string of the molecule is CCC(C)c1ncc(Cl)c(NCc2cccc(OC)c2)n1. The van der Waals surface area contributed by atoms with Crippen LogP contribution in [0, 0.1) is 0 Å². The van der Waals surface area contributed by atoms with E-state index >= 15 is 0 Å². The van der Waals surface area contributed by atoms with Gasteiger partial charge >= 0.3 is 0 Å². The van der Waals surface area contributed by atoms with Crippen LogP contribution in [-0.4, -0.2) is 17.1 Å². The second-order valence-electron chi connectivity index (χ2n) is 4.94. The Labute approximate surface area is 130 Å². The summed E-state index contributed by atoms with van der Waals surface area (Å²) in [5.41, 5.74) is 1.11. The van der Waals surface area contributed by atoms with Crippen molar-refractivity contribution in [3.8, 4) is 5.75 Å². The summed E-state index contributed by atoms with van der Waals surface area (Å²) < 4.78 is 5.22. The highest BCUT2D eigenvalue weighted by Gasteiger charge is 2.10. The number of hydrogen-bond acceptors (Lipinski definition) is 4. The fraction of sp³-hybridized carbons (Fsp3) is 0.375. The fourth-order valence-corrected chi connectivity index (χ4v) is 2.05. The molecule has 5 heteroatoms. The lowest BCUT2D eigenvalue weighted by molar-refractivity contribution is 0.414. The van der Waals surface area contributed by atoms with Crippen molar-refractivity contribution in [2.24, 2.45) is 0 Å². The maximum Gasteiger partial charge on any atom is 0.148 e. The summed E-state index contributed by atoms with van der Waals surface area (Å²) in [6.07, 6.45) is 2.65. The Balaban J connectivity index is 2.11. The van der Waals surface area contributed by atoms with E-state index in [0.29, 0.717) is 23.3 Å². The third-order valence-corrected chi connectivity index (χ3v) is 3.69. The van der Waals surface area contributed by atoms with Crippen LogP contribution in [0.25, 0.3) is 0 Å². The van der Waals surface area contributed by atoms with Gasteiger partial charge in [-0.05, 0) is 24.1 Å². The lowest BCUT2D eigenvalue weighted by Gasteiger charge is -2.12. The van der Waals surface area contributed by atoms with Crippen molar-refractivity contribution >= 4 is 17.4 Å². The number of benzene rings is 1. The molecule has 0 amide bonds. The lowest BCUT2D eigenvalue weighted by Crippen LogP contribution is -2.07. The molecule has 0 saturated carbocycles. The summed E-state index contributed by atoms with van der Waals surface area (Å²) in [5, 5.41) is 3.79. The molecule has 1 aromatic carbocycles. The predicted molar refractivity (Wildman–Crippen MR) is 86.1 cm³/mol. The zero-order chi connectivity index (χ0) is 15.2. The van der Waals surface area contributed by atoms with Gasteiger partial charge in [0.05, 0.1) is 13.3 Å². The molecule has 112 valence electrons. The molecular formula is C16H20ClN3O. The van der Waals surface area contributed by atoms with Gasteiger partial charge in [-0.2, -0.15) is 0 Å². The Hall–Kier alpha value is -1.81. The van der Waals surface area contributed by atoms with Gasteiger partial charge in [-0.25, -0.2) is 9.97 Å². The van der Waals surface area contributed by atoms with Gasteiger partial charge in [-0.1, -0.05) is 37.6 Å². The van der Waals surface area contributed by atoms with E-state index in [4.69, 9.17) is 16.3 Å². The van der Waals surface area contributed by atoms with Crippen LogP contribution >= 0.6 is 11.6 Å². The van der Waals surface area contributed by atoms with Gasteiger partial charge in [-0.3, -0.25) is 0 Å². The van der Waals surface area contributed by atoms with Crippen LogP contribution in [0.3, 0.4) is 0 Å². The number of nitrogens with zero attached hydrogens (tertiary/aromatic N) is 2. The summed E-state index contributed by atoms with van der Waals surface area (Å²) in [4.78, 5) is 8.80. The molecule has 0 bridgehead atoms. The minimum Gasteiger partial charge on any atom is -0.497 e. The molecule has 0 aliphatic heterocycles. The summed E-state index contributed by atoms with van der Waals surface area (Å²) in [6.45, 7) is 4.86. The molecule has 1 N–H and O–H groups in total. The molecule has 0 saturated heterocycles. The Kier molecular flexibility index (Phi) is 5.39. The third kappa shape index (κ3) is 4.08. The average Bonchev–Trinajstić information content (AvgIpc) is 2.53. The Morgan fingerprint density at radius 3 is 2.90 bits per heavy atom. The first-order valence-electron chi connectivity index (χ1n) is 7.03. The van der Waals surface area contributed by atoms with Crippen LogP contribution in [0.1, 0.15) is 37.6 Å². The van der Waals surface area contributed by atoms with Crippen LogP contribution < -0.4 is 10.1 Å². The van der Waals surface area contributed by atoms with E-state index in [0.717, 1.165) is 23.6 Å². The van der Waals surface area contributed by atoms with Gasteiger partial charge in [0, 0.05) is 12.5 Å². The first-order chi connectivity index (χ1) is 10.1. The molecule has 0 fully saturated rings. The number of hydrogen-bond donors (Lipinski definition) is 1. The topological polar surface area (TPSA) is 47.0 Å². The van der Waals surface area contributed by atoms with E-state index in [-0.39, 0.29) is 0 Å². The van der Waals surface area contributed by atoms with Crippen LogP contribution in [-0.2, 0) is 6.54 Å². The van der Waals surface area contributed by atoms with E-state index in [1.807, 2.05) is 24.3 Å². The van der Waals surface area contributed by atoms with Gasteiger partial charge in [0.2, 0.25) is 0 Å². The number of anilines is 1.